The number of carbonyl (C=O) groups is 1. The number of aromatic nitrogens is 2. The zero-order valence-corrected chi connectivity index (χ0v) is 16.7. The van der Waals surface area contributed by atoms with Crippen LogP contribution in [0.2, 0.25) is 0 Å². The third-order valence-corrected chi connectivity index (χ3v) is 6.60. The summed E-state index contributed by atoms with van der Waals surface area (Å²) in [4.78, 5) is 25.2. The molecule has 27 heavy (non-hydrogen) atoms. The molecule has 7 heteroatoms. The van der Waals surface area contributed by atoms with Gasteiger partial charge in [-0.2, -0.15) is 11.3 Å². The van der Waals surface area contributed by atoms with E-state index in [4.69, 9.17) is 4.74 Å². The minimum absolute atomic E-state index is 0.183. The van der Waals surface area contributed by atoms with Crippen LogP contribution in [-0.2, 0) is 11.3 Å². The minimum Gasteiger partial charge on any atom is -0.478 e. The van der Waals surface area contributed by atoms with Crippen LogP contribution in [0, 0.1) is 5.41 Å². The van der Waals surface area contributed by atoms with E-state index in [0.717, 1.165) is 44.7 Å². The summed E-state index contributed by atoms with van der Waals surface area (Å²) in [6, 6.07) is 4.41. The monoisotopic (exact) mass is 386 g/mol. The van der Waals surface area contributed by atoms with Gasteiger partial charge in [0.25, 0.3) is 0 Å². The minimum atomic E-state index is 0.183. The van der Waals surface area contributed by atoms with Crippen molar-refractivity contribution in [3.63, 3.8) is 0 Å². The summed E-state index contributed by atoms with van der Waals surface area (Å²) in [7, 11) is 0. The number of carbonyl (C=O) groups excluding carboxylic acids is 1. The smallest absolute Gasteiger partial charge is 0.220 e. The van der Waals surface area contributed by atoms with E-state index in [9.17, 15) is 4.79 Å². The highest BCUT2D eigenvalue weighted by Crippen LogP contribution is 2.57. The van der Waals surface area contributed by atoms with Crippen LogP contribution in [0.1, 0.15) is 38.7 Å². The van der Waals surface area contributed by atoms with Crippen LogP contribution in [0.15, 0.2) is 29.2 Å². The molecule has 1 aliphatic carbocycles. The fourth-order valence-corrected chi connectivity index (χ4v) is 4.90. The predicted molar refractivity (Wildman–Crippen MR) is 106 cm³/mol. The van der Waals surface area contributed by atoms with Crippen molar-refractivity contribution in [2.24, 2.45) is 5.41 Å². The van der Waals surface area contributed by atoms with Gasteiger partial charge in [0.05, 0.1) is 6.61 Å². The van der Waals surface area contributed by atoms with Crippen LogP contribution in [0.3, 0.4) is 0 Å². The van der Waals surface area contributed by atoms with Crippen LogP contribution in [0.25, 0.3) is 0 Å². The predicted octanol–water partition coefficient (Wildman–Crippen LogP) is 3.34. The molecule has 1 aliphatic heterocycles. The molecule has 0 unspecified atom stereocenters. The molecule has 1 saturated carbocycles. The molecule has 0 bridgehead atoms. The third kappa shape index (κ3) is 3.78. The number of anilines is 1. The Kier molecular flexibility index (Phi) is 5.04. The van der Waals surface area contributed by atoms with Gasteiger partial charge in [0.2, 0.25) is 11.8 Å². The van der Waals surface area contributed by atoms with Crippen molar-refractivity contribution in [3.8, 4) is 5.88 Å². The third-order valence-electron chi connectivity index (χ3n) is 5.86. The fraction of sp³-hybridized carbons (Fsp3) is 0.550. The number of amides is 1. The maximum absolute atomic E-state index is 12.3. The first-order valence-corrected chi connectivity index (χ1v) is 10.5. The van der Waals surface area contributed by atoms with Crippen molar-refractivity contribution in [2.45, 2.75) is 45.7 Å². The van der Waals surface area contributed by atoms with E-state index in [2.05, 4.69) is 36.6 Å². The number of hydrogen-bond acceptors (Lipinski definition) is 6. The molecule has 3 heterocycles. The van der Waals surface area contributed by atoms with Gasteiger partial charge in [-0.1, -0.05) is 0 Å². The lowest BCUT2D eigenvalue weighted by molar-refractivity contribution is -0.130. The lowest BCUT2D eigenvalue weighted by Crippen LogP contribution is -2.40. The molecule has 2 aromatic rings. The maximum Gasteiger partial charge on any atom is 0.220 e. The van der Waals surface area contributed by atoms with Crippen LogP contribution >= 0.6 is 11.3 Å². The fourth-order valence-electron chi connectivity index (χ4n) is 4.24. The second-order valence-corrected chi connectivity index (χ2v) is 8.28. The first-order valence-electron chi connectivity index (χ1n) is 9.59. The summed E-state index contributed by atoms with van der Waals surface area (Å²) < 4.78 is 5.49. The number of nitrogens with zero attached hydrogens (tertiary/aromatic N) is 4. The molecule has 0 radical (unpaired) electrons. The molecule has 0 N–H and O–H groups in total. The zero-order chi connectivity index (χ0) is 18.9. The molecule has 144 valence electrons. The van der Waals surface area contributed by atoms with E-state index >= 15 is 0 Å². The highest BCUT2D eigenvalue weighted by Gasteiger charge is 2.58. The van der Waals surface area contributed by atoms with E-state index < -0.39 is 0 Å². The lowest BCUT2D eigenvalue weighted by Gasteiger charge is -2.35. The van der Waals surface area contributed by atoms with Gasteiger partial charge in [0.1, 0.15) is 12.1 Å². The van der Waals surface area contributed by atoms with E-state index in [1.54, 1.807) is 24.6 Å². The molecule has 2 aromatic heterocycles. The lowest BCUT2D eigenvalue weighted by atomic mass is 9.92. The molecule has 1 amide bonds. The summed E-state index contributed by atoms with van der Waals surface area (Å²) in [5.74, 6) is 1.75. The quantitative estimate of drug-likeness (QED) is 0.762. The molecule has 4 rings (SSSR count). The Morgan fingerprint density at radius 3 is 2.89 bits per heavy atom. The average Bonchev–Trinajstić information content (AvgIpc) is 3.10. The van der Waals surface area contributed by atoms with Crippen molar-refractivity contribution in [1.82, 2.24) is 14.9 Å². The van der Waals surface area contributed by atoms with E-state index in [1.165, 1.54) is 5.56 Å². The Morgan fingerprint density at radius 2 is 2.22 bits per heavy atom. The molecular formula is C20H26N4O2S. The largest absolute Gasteiger partial charge is 0.478 e. The first kappa shape index (κ1) is 18.2. The van der Waals surface area contributed by atoms with Crippen molar-refractivity contribution >= 4 is 23.1 Å². The maximum atomic E-state index is 12.3. The first-order chi connectivity index (χ1) is 13.1. The summed E-state index contributed by atoms with van der Waals surface area (Å²) in [6.45, 7) is 6.91. The van der Waals surface area contributed by atoms with Crippen molar-refractivity contribution in [2.75, 3.05) is 24.6 Å². The molecule has 1 saturated heterocycles. The van der Waals surface area contributed by atoms with Crippen LogP contribution in [-0.4, -0.2) is 46.5 Å². The van der Waals surface area contributed by atoms with Gasteiger partial charge in [-0.25, -0.2) is 9.97 Å². The number of rotatable bonds is 6. The standard InChI is InChI=1S/C20H26N4O2S/c1-3-26-19-10-18(21-14-22-19)23-7-5-20(6-8-23)11-17(20)24(15(2)25)12-16-4-9-27-13-16/h4,9-10,13-14,17H,3,5-8,11-12H2,1-2H3/t17-/m1/s1. The molecule has 6 nitrogen and oxygen atoms in total. The summed E-state index contributed by atoms with van der Waals surface area (Å²) in [5, 5.41) is 4.21. The number of ether oxygens (including phenoxy) is 1. The SMILES string of the molecule is CCOc1cc(N2CCC3(CC2)C[C@H]3N(Cc2ccsc2)C(C)=O)ncn1. The van der Waals surface area contributed by atoms with E-state index in [1.807, 2.05) is 13.0 Å². The Balaban J connectivity index is 1.39. The van der Waals surface area contributed by atoms with Gasteiger partial charge < -0.3 is 14.5 Å². The van der Waals surface area contributed by atoms with Crippen molar-refractivity contribution in [1.29, 1.82) is 0 Å². The van der Waals surface area contributed by atoms with Gasteiger partial charge in [0.15, 0.2) is 0 Å². The van der Waals surface area contributed by atoms with Crippen molar-refractivity contribution in [3.05, 3.63) is 34.8 Å². The van der Waals surface area contributed by atoms with Gasteiger partial charge >= 0.3 is 0 Å². The molecule has 1 atom stereocenters. The van der Waals surface area contributed by atoms with Crippen LogP contribution in [0.5, 0.6) is 5.88 Å². The topological polar surface area (TPSA) is 58.6 Å². The molecular weight excluding hydrogens is 360 g/mol. The second-order valence-electron chi connectivity index (χ2n) is 7.50. The van der Waals surface area contributed by atoms with Crippen LogP contribution < -0.4 is 9.64 Å². The molecule has 2 aliphatic rings. The molecule has 2 fully saturated rings. The van der Waals surface area contributed by atoms with Gasteiger partial charge in [0, 0.05) is 38.7 Å². The van der Waals surface area contributed by atoms with Crippen molar-refractivity contribution < 1.29 is 9.53 Å². The van der Waals surface area contributed by atoms with Crippen LogP contribution in [0.4, 0.5) is 5.82 Å². The Hall–Kier alpha value is -2.15. The van der Waals surface area contributed by atoms with E-state index in [0.29, 0.717) is 18.5 Å². The summed E-state index contributed by atoms with van der Waals surface area (Å²) >= 11 is 1.69. The molecule has 0 aromatic carbocycles. The van der Waals surface area contributed by atoms with Gasteiger partial charge in [-0.3, -0.25) is 4.79 Å². The number of thiophene rings is 1. The highest BCUT2D eigenvalue weighted by molar-refractivity contribution is 7.07. The summed E-state index contributed by atoms with van der Waals surface area (Å²) in [5.41, 5.74) is 1.52. The van der Waals surface area contributed by atoms with Gasteiger partial charge in [-0.15, -0.1) is 0 Å². The normalized spacial score (nSPS) is 20.5. The Bertz CT molecular complexity index is 787. The Labute approximate surface area is 164 Å². The van der Waals surface area contributed by atoms with E-state index in [-0.39, 0.29) is 11.3 Å². The number of hydrogen-bond donors (Lipinski definition) is 0. The summed E-state index contributed by atoms with van der Waals surface area (Å²) in [6.07, 6.45) is 4.89. The second kappa shape index (κ2) is 7.46. The van der Waals surface area contributed by atoms with Gasteiger partial charge in [-0.05, 0) is 54.0 Å². The zero-order valence-electron chi connectivity index (χ0n) is 15.9. The number of piperidine rings is 1. The highest BCUT2D eigenvalue weighted by atomic mass is 32.1. The Morgan fingerprint density at radius 1 is 1.41 bits per heavy atom. The molecule has 1 spiro atoms. The average molecular weight is 387 g/mol.